The molecule has 0 saturated carbocycles. The Morgan fingerprint density at radius 3 is 2.42 bits per heavy atom. The van der Waals surface area contributed by atoms with Gasteiger partial charge in [0.25, 0.3) is 0 Å². The largest absolute Gasteiger partial charge is 0.463 e. The summed E-state index contributed by atoms with van der Waals surface area (Å²) in [4.78, 5) is 31.8. The van der Waals surface area contributed by atoms with Crippen LogP contribution < -0.4 is 0 Å². The molecule has 0 radical (unpaired) electrons. The van der Waals surface area contributed by atoms with Crippen LogP contribution in [0, 0.1) is 5.82 Å². The van der Waals surface area contributed by atoms with Gasteiger partial charge in [-0.3, -0.25) is 0 Å². The highest BCUT2D eigenvalue weighted by atomic mass is 19.4. The maximum Gasteiger partial charge on any atom is 0.432 e. The number of rotatable bonds is 3. The molecule has 13 heteroatoms. The van der Waals surface area contributed by atoms with Gasteiger partial charge in [-0.05, 0) is 38.5 Å². The van der Waals surface area contributed by atoms with E-state index in [9.17, 15) is 27.2 Å². The highest BCUT2D eigenvalue weighted by Gasteiger charge is 2.37. The zero-order valence-corrected chi connectivity index (χ0v) is 17.9. The molecule has 2 aromatic heterocycles. The molecule has 0 bridgehead atoms. The van der Waals surface area contributed by atoms with E-state index >= 15 is 0 Å². The predicted octanol–water partition coefficient (Wildman–Crippen LogP) is 4.54. The van der Waals surface area contributed by atoms with Gasteiger partial charge in [-0.25, -0.2) is 23.9 Å². The fourth-order valence-corrected chi connectivity index (χ4v) is 2.98. The average Bonchev–Trinajstić information content (AvgIpc) is 3.08. The van der Waals surface area contributed by atoms with Crippen molar-refractivity contribution in [3.05, 3.63) is 41.5 Å². The summed E-state index contributed by atoms with van der Waals surface area (Å²) in [6, 6.07) is 1.55. The monoisotopic (exact) mass is 469 g/mol. The van der Waals surface area contributed by atoms with E-state index in [1.807, 2.05) is 0 Å². The molecule has 0 aliphatic carbocycles. The summed E-state index contributed by atoms with van der Waals surface area (Å²) >= 11 is 0. The number of halogens is 4. The molecule has 0 unspecified atom stereocenters. The lowest BCUT2D eigenvalue weighted by Crippen LogP contribution is -2.33. The Bertz CT molecular complexity index is 1230. The molecule has 2 heterocycles. The van der Waals surface area contributed by atoms with Crippen LogP contribution in [0.5, 0.6) is 0 Å². The van der Waals surface area contributed by atoms with Crippen LogP contribution in [-0.2, 0) is 17.5 Å². The Morgan fingerprint density at radius 2 is 1.85 bits per heavy atom. The molecule has 9 nitrogen and oxygen atoms in total. The molecule has 0 spiro atoms. The van der Waals surface area contributed by atoms with Crippen LogP contribution in [0.3, 0.4) is 0 Å². The summed E-state index contributed by atoms with van der Waals surface area (Å²) in [6.45, 7) is 4.55. The average molecular weight is 469 g/mol. The van der Waals surface area contributed by atoms with Crippen molar-refractivity contribution in [2.45, 2.75) is 39.1 Å². The molecule has 3 rings (SSSR count). The lowest BCUT2D eigenvalue weighted by Gasteiger charge is -2.25. The quantitative estimate of drug-likeness (QED) is 0.561. The summed E-state index contributed by atoms with van der Waals surface area (Å²) in [7, 11) is 1.31. The van der Waals surface area contributed by atoms with Gasteiger partial charge in [0.05, 0.1) is 23.5 Å². The topological polar surface area (TPSA) is 110 Å². The van der Waals surface area contributed by atoms with E-state index in [4.69, 9.17) is 9.84 Å². The van der Waals surface area contributed by atoms with Crippen LogP contribution in [-0.4, -0.2) is 54.6 Å². The first-order valence-electron chi connectivity index (χ1n) is 9.45. The molecule has 0 atom stereocenters. The van der Waals surface area contributed by atoms with Crippen molar-refractivity contribution in [3.8, 4) is 11.4 Å². The number of nitrogens with zero attached hydrogens (tertiary/aromatic N) is 5. The number of carboxylic acid groups (broad SMARTS) is 1. The van der Waals surface area contributed by atoms with E-state index in [-0.39, 0.29) is 23.1 Å². The lowest BCUT2D eigenvalue weighted by atomic mass is 10.0. The molecule has 3 aromatic rings. The van der Waals surface area contributed by atoms with Crippen molar-refractivity contribution in [2.24, 2.45) is 0 Å². The molecule has 1 amide bonds. The van der Waals surface area contributed by atoms with E-state index in [1.165, 1.54) is 7.05 Å². The molecular weight excluding hydrogens is 450 g/mol. The third kappa shape index (κ3) is 5.18. The first kappa shape index (κ1) is 23.9. The lowest BCUT2D eigenvalue weighted by molar-refractivity contribution is -0.137. The van der Waals surface area contributed by atoms with Crippen molar-refractivity contribution in [3.63, 3.8) is 0 Å². The number of aromatic nitrogens is 4. The minimum Gasteiger partial charge on any atom is -0.463 e. The molecule has 0 aliphatic rings. The van der Waals surface area contributed by atoms with Gasteiger partial charge in [-0.2, -0.15) is 23.0 Å². The molecular formula is C20H19F4N5O4. The Kier molecular flexibility index (Phi) is 6.00. The van der Waals surface area contributed by atoms with Crippen molar-refractivity contribution < 1.29 is 37.0 Å². The molecule has 33 heavy (non-hydrogen) atoms. The van der Waals surface area contributed by atoms with Crippen LogP contribution in [0.4, 0.5) is 27.2 Å². The molecule has 176 valence electrons. The fraction of sp³-hybridized carbons (Fsp3) is 0.350. The predicted molar refractivity (Wildman–Crippen MR) is 107 cm³/mol. The second-order valence-corrected chi connectivity index (χ2v) is 8.14. The van der Waals surface area contributed by atoms with Gasteiger partial charge in [-0.15, -0.1) is 0 Å². The summed E-state index contributed by atoms with van der Waals surface area (Å²) in [5, 5.41) is 12.6. The van der Waals surface area contributed by atoms with Gasteiger partial charge >= 0.3 is 18.4 Å². The summed E-state index contributed by atoms with van der Waals surface area (Å²) in [5.41, 5.74) is -3.35. The fourth-order valence-electron chi connectivity index (χ4n) is 2.98. The van der Waals surface area contributed by atoms with Crippen molar-refractivity contribution >= 4 is 23.2 Å². The zero-order chi connectivity index (χ0) is 24.7. The highest BCUT2D eigenvalue weighted by molar-refractivity contribution is 5.85. The third-order valence-corrected chi connectivity index (χ3v) is 4.31. The van der Waals surface area contributed by atoms with Gasteiger partial charge < -0.3 is 14.7 Å². The minimum absolute atomic E-state index is 0.0733. The van der Waals surface area contributed by atoms with E-state index < -0.39 is 46.7 Å². The SMILES string of the molecule is CN(Cc1cc(F)c(-c2ncc3c(cnn3C(=O)O)n2)c(C(F)(F)F)c1)C(=O)OC(C)(C)C. The molecule has 1 aromatic carbocycles. The minimum atomic E-state index is -4.97. The first-order chi connectivity index (χ1) is 15.2. The van der Waals surface area contributed by atoms with Gasteiger partial charge in [0, 0.05) is 13.6 Å². The van der Waals surface area contributed by atoms with Crippen LogP contribution in [0.25, 0.3) is 22.4 Å². The Balaban J connectivity index is 2.04. The normalized spacial score (nSPS) is 12.1. The summed E-state index contributed by atoms with van der Waals surface area (Å²) in [5.74, 6) is -1.85. The number of amides is 1. The molecule has 0 aliphatic heterocycles. The second kappa shape index (κ2) is 8.30. The first-order valence-corrected chi connectivity index (χ1v) is 9.45. The maximum atomic E-state index is 15.0. The van der Waals surface area contributed by atoms with E-state index in [0.29, 0.717) is 10.7 Å². The van der Waals surface area contributed by atoms with Crippen LogP contribution in [0.2, 0.25) is 0 Å². The molecule has 0 saturated heterocycles. The van der Waals surface area contributed by atoms with Gasteiger partial charge in [0.2, 0.25) is 0 Å². The Labute approximate surface area is 184 Å². The molecule has 0 fully saturated rings. The Hall–Kier alpha value is -3.77. The smallest absolute Gasteiger partial charge is 0.432 e. The zero-order valence-electron chi connectivity index (χ0n) is 17.9. The van der Waals surface area contributed by atoms with Crippen LogP contribution >= 0.6 is 0 Å². The Morgan fingerprint density at radius 1 is 1.18 bits per heavy atom. The number of alkyl halides is 3. The van der Waals surface area contributed by atoms with Crippen LogP contribution in [0.1, 0.15) is 31.9 Å². The second-order valence-electron chi connectivity index (χ2n) is 8.14. The van der Waals surface area contributed by atoms with E-state index in [0.717, 1.165) is 23.4 Å². The highest BCUT2D eigenvalue weighted by Crippen LogP contribution is 2.38. The van der Waals surface area contributed by atoms with E-state index in [1.54, 1.807) is 20.8 Å². The van der Waals surface area contributed by atoms with Gasteiger partial charge in [0.15, 0.2) is 5.82 Å². The number of fused-ring (bicyclic) bond motifs is 1. The number of hydrogen-bond donors (Lipinski definition) is 1. The van der Waals surface area contributed by atoms with Crippen molar-refractivity contribution in [1.29, 1.82) is 0 Å². The van der Waals surface area contributed by atoms with E-state index in [2.05, 4.69) is 15.1 Å². The number of carbonyl (C=O) groups excluding carboxylic acids is 1. The maximum absolute atomic E-state index is 15.0. The van der Waals surface area contributed by atoms with Gasteiger partial charge in [-0.1, -0.05) is 0 Å². The number of carbonyl (C=O) groups is 2. The number of benzene rings is 1. The summed E-state index contributed by atoms with van der Waals surface area (Å²) < 4.78 is 62.1. The standard InChI is InChI=1S/C20H19F4N5O4/c1-19(2,3)33-18(32)28(4)9-10-5-11(20(22,23)24)15(12(21)6-10)16-25-8-14-13(27-16)7-26-29(14)17(30)31/h5-8H,9H2,1-4H3,(H,30,31). The van der Waals surface area contributed by atoms with Crippen LogP contribution in [0.15, 0.2) is 24.5 Å². The summed E-state index contributed by atoms with van der Waals surface area (Å²) in [6.07, 6.45) is -5.24. The van der Waals surface area contributed by atoms with Crippen molar-refractivity contribution in [2.75, 3.05) is 7.05 Å². The number of ether oxygens (including phenoxy) is 1. The number of hydrogen-bond acceptors (Lipinski definition) is 6. The molecule has 1 N–H and O–H groups in total. The van der Waals surface area contributed by atoms with Gasteiger partial charge in [0.1, 0.15) is 22.5 Å². The third-order valence-electron chi connectivity index (χ3n) is 4.31. The van der Waals surface area contributed by atoms with Crippen molar-refractivity contribution in [1.82, 2.24) is 24.6 Å².